The highest BCUT2D eigenvalue weighted by Crippen LogP contribution is 2.45. The van der Waals surface area contributed by atoms with E-state index in [1.807, 2.05) is 30.3 Å². The van der Waals surface area contributed by atoms with Crippen LogP contribution in [0, 0.1) is 0 Å². The van der Waals surface area contributed by atoms with Crippen LogP contribution in [0.15, 0.2) is 92.6 Å². The predicted octanol–water partition coefficient (Wildman–Crippen LogP) is 4.29. The molecule has 4 rings (SSSR count). The van der Waals surface area contributed by atoms with E-state index in [4.69, 9.17) is 16.2 Å². The minimum Gasteiger partial charge on any atom is -0.342 e. The summed E-state index contributed by atoms with van der Waals surface area (Å²) in [5.74, 6) is -1.52. The van der Waals surface area contributed by atoms with Crippen molar-refractivity contribution in [3.05, 3.63) is 88.3 Å². The average molecular weight is 623 g/mol. The number of sulfone groups is 1. The van der Waals surface area contributed by atoms with Crippen molar-refractivity contribution in [2.75, 3.05) is 36.2 Å². The number of benzene rings is 2. The van der Waals surface area contributed by atoms with Crippen molar-refractivity contribution >= 4 is 60.7 Å². The Labute approximate surface area is 242 Å². The number of alkyl halides is 1. The Morgan fingerprint density at radius 3 is 2.42 bits per heavy atom. The van der Waals surface area contributed by atoms with Gasteiger partial charge in [-0.1, -0.05) is 48.2 Å². The zero-order valence-corrected chi connectivity index (χ0v) is 24.5. The Balaban J connectivity index is 1.46. The molecular formula is C27H27ClN2O7S3. The summed E-state index contributed by atoms with van der Waals surface area (Å²) in [7, 11) is -7.98. The van der Waals surface area contributed by atoms with Crippen molar-refractivity contribution in [3.63, 3.8) is 0 Å². The van der Waals surface area contributed by atoms with E-state index in [0.717, 1.165) is 15.6 Å². The number of nitrogens with zero attached hydrogens (tertiary/aromatic N) is 2. The maximum Gasteiger partial charge on any atom is 0.264 e. The average Bonchev–Trinajstić information content (AvgIpc) is 3.36. The molecule has 0 spiro atoms. The van der Waals surface area contributed by atoms with Gasteiger partial charge in [-0.2, -0.15) is 8.42 Å². The quantitative estimate of drug-likeness (QED) is 0.222. The lowest BCUT2D eigenvalue weighted by molar-refractivity contribution is -0.128. The molecule has 0 bridgehead atoms. The summed E-state index contributed by atoms with van der Waals surface area (Å²) < 4.78 is 56.6. The Bertz CT molecular complexity index is 1620. The van der Waals surface area contributed by atoms with Crippen LogP contribution in [0.3, 0.4) is 0 Å². The molecule has 9 nitrogen and oxygen atoms in total. The van der Waals surface area contributed by atoms with Gasteiger partial charge in [-0.3, -0.25) is 14.1 Å². The molecule has 0 aliphatic carbocycles. The normalized spacial score (nSPS) is 18.1. The first-order valence-electron chi connectivity index (χ1n) is 12.3. The van der Waals surface area contributed by atoms with E-state index >= 15 is 0 Å². The maximum absolute atomic E-state index is 12.8. The van der Waals surface area contributed by atoms with Gasteiger partial charge in [-0.25, -0.2) is 8.42 Å². The largest absolute Gasteiger partial charge is 0.342 e. The lowest BCUT2D eigenvalue weighted by Gasteiger charge is -2.25. The highest BCUT2D eigenvalue weighted by Gasteiger charge is 2.38. The first-order chi connectivity index (χ1) is 19.0. The molecule has 0 saturated heterocycles. The van der Waals surface area contributed by atoms with Gasteiger partial charge < -0.3 is 9.80 Å². The number of thioether (sulfide) groups is 1. The number of fused-ring (bicyclic) bond motifs is 2. The van der Waals surface area contributed by atoms with Gasteiger partial charge in [-0.05, 0) is 49.3 Å². The standard InChI is InChI=1S/C27H27ClN2O7S3/c28-19-25(31)29(16-8-18-39(33,34)35)15-7-17-30-21-10-2-3-11-22(21)38-26(30)14-6-5-13-24-27(32)20-9-1-4-12-23(20)40(24,36)37/h1-6,9-14H,7-8,15-19H2,(H,33,34,35)/b6-5+,24-13+,26-14-. The monoisotopic (exact) mass is 622 g/mol. The van der Waals surface area contributed by atoms with E-state index in [9.17, 15) is 26.4 Å². The minimum atomic E-state index is -4.12. The third kappa shape index (κ3) is 6.87. The van der Waals surface area contributed by atoms with Crippen LogP contribution >= 0.6 is 23.4 Å². The van der Waals surface area contributed by atoms with Gasteiger partial charge >= 0.3 is 0 Å². The third-order valence-electron chi connectivity index (χ3n) is 6.28. The van der Waals surface area contributed by atoms with Crippen LogP contribution in [0.25, 0.3) is 0 Å². The first-order valence-corrected chi connectivity index (χ1v) is 16.8. The van der Waals surface area contributed by atoms with Crippen LogP contribution in [-0.2, 0) is 24.7 Å². The highest BCUT2D eigenvalue weighted by molar-refractivity contribution is 8.03. The van der Waals surface area contributed by atoms with E-state index < -0.39 is 31.5 Å². The molecule has 1 N–H and O–H groups in total. The molecule has 1 amide bonds. The molecule has 2 aliphatic heterocycles. The van der Waals surface area contributed by atoms with Crippen molar-refractivity contribution in [1.29, 1.82) is 0 Å². The van der Waals surface area contributed by atoms with E-state index in [1.165, 1.54) is 40.9 Å². The van der Waals surface area contributed by atoms with Gasteiger partial charge in [0, 0.05) is 30.1 Å². The maximum atomic E-state index is 12.8. The Morgan fingerprint density at radius 2 is 1.70 bits per heavy atom. The molecule has 2 aromatic carbocycles. The number of ketones is 1. The predicted molar refractivity (Wildman–Crippen MR) is 156 cm³/mol. The molecule has 0 fully saturated rings. The number of halogens is 1. The van der Waals surface area contributed by atoms with Crippen LogP contribution in [-0.4, -0.2) is 69.2 Å². The summed E-state index contributed by atoms with van der Waals surface area (Å²) in [4.78, 5) is 29.2. The number of allylic oxidation sites excluding steroid dienone is 5. The van der Waals surface area contributed by atoms with Gasteiger partial charge in [0.15, 0.2) is 0 Å². The van der Waals surface area contributed by atoms with Crippen LogP contribution < -0.4 is 4.90 Å². The third-order valence-corrected chi connectivity index (χ3v) is 10.3. The molecule has 2 aliphatic rings. The van der Waals surface area contributed by atoms with Crippen molar-refractivity contribution < 1.29 is 31.0 Å². The lowest BCUT2D eigenvalue weighted by atomic mass is 10.1. The number of anilines is 1. The first kappa shape index (κ1) is 30.1. The molecule has 2 aromatic rings. The van der Waals surface area contributed by atoms with Crippen LogP contribution in [0.2, 0.25) is 0 Å². The number of carbonyl (C=O) groups is 2. The molecule has 13 heteroatoms. The number of hydrogen-bond donors (Lipinski definition) is 1. The van der Waals surface area contributed by atoms with Crippen LogP contribution in [0.5, 0.6) is 0 Å². The Morgan fingerprint density at radius 1 is 1.02 bits per heavy atom. The fourth-order valence-corrected chi connectivity index (χ4v) is 7.74. The molecule has 0 radical (unpaired) electrons. The Kier molecular flexibility index (Phi) is 9.57. The van der Waals surface area contributed by atoms with Crippen LogP contribution in [0.4, 0.5) is 5.69 Å². The van der Waals surface area contributed by atoms with Crippen molar-refractivity contribution in [3.8, 4) is 0 Å². The molecule has 0 atom stereocenters. The zero-order valence-electron chi connectivity index (χ0n) is 21.3. The minimum absolute atomic E-state index is 0.0191. The molecule has 0 aromatic heterocycles. The second-order valence-corrected chi connectivity index (χ2v) is 13.8. The van der Waals surface area contributed by atoms with Gasteiger partial charge in [0.1, 0.15) is 10.8 Å². The molecule has 2 heterocycles. The van der Waals surface area contributed by atoms with Gasteiger partial charge in [0.25, 0.3) is 10.1 Å². The Hall–Kier alpha value is -2.90. The van der Waals surface area contributed by atoms with Gasteiger partial charge in [0.2, 0.25) is 21.5 Å². The summed E-state index contributed by atoms with van der Waals surface area (Å²) in [6.07, 6.45) is 7.00. The van der Waals surface area contributed by atoms with E-state index in [1.54, 1.807) is 18.2 Å². The zero-order chi connectivity index (χ0) is 28.9. The number of Topliss-reactive ketones (excluding diaryl/α,β-unsaturated/α-hetero) is 1. The van der Waals surface area contributed by atoms with Crippen molar-refractivity contribution in [1.82, 2.24) is 4.90 Å². The topological polar surface area (TPSA) is 129 Å². The molecule has 0 unspecified atom stereocenters. The molecule has 40 heavy (non-hydrogen) atoms. The fraction of sp³-hybridized carbons (Fsp3) is 0.259. The number of para-hydroxylation sites is 1. The number of hydrogen-bond acceptors (Lipinski definition) is 8. The van der Waals surface area contributed by atoms with Gasteiger partial charge in [0.05, 0.1) is 21.4 Å². The summed E-state index contributed by atoms with van der Waals surface area (Å²) in [5.41, 5.74) is 1.16. The van der Waals surface area contributed by atoms with E-state index in [0.29, 0.717) is 19.5 Å². The summed E-state index contributed by atoms with van der Waals surface area (Å²) in [6.45, 7) is 1.04. The lowest BCUT2D eigenvalue weighted by Crippen LogP contribution is -2.36. The molecular weight excluding hydrogens is 596 g/mol. The van der Waals surface area contributed by atoms with Crippen molar-refractivity contribution in [2.24, 2.45) is 0 Å². The fourth-order valence-electron chi connectivity index (χ4n) is 4.42. The van der Waals surface area contributed by atoms with E-state index in [-0.39, 0.29) is 40.1 Å². The highest BCUT2D eigenvalue weighted by atomic mass is 35.5. The number of amides is 1. The number of rotatable bonds is 11. The van der Waals surface area contributed by atoms with Crippen LogP contribution in [0.1, 0.15) is 23.2 Å². The second kappa shape index (κ2) is 12.7. The molecule has 212 valence electrons. The SMILES string of the molecule is O=C1\C(=C/C=C/C=C2\Sc3ccccc3N2CCCN(CCCS(=O)(=O)O)C(=O)CCl)S(=O)(=O)c2ccccc21. The van der Waals surface area contributed by atoms with E-state index in [2.05, 4.69) is 4.90 Å². The summed E-state index contributed by atoms with van der Waals surface area (Å²) in [5, 5.41) is 0.876. The number of carbonyl (C=O) groups excluding carboxylic acids is 2. The summed E-state index contributed by atoms with van der Waals surface area (Å²) >= 11 is 7.27. The second-order valence-electron chi connectivity index (χ2n) is 8.98. The molecule has 0 saturated carbocycles. The van der Waals surface area contributed by atoms with Crippen molar-refractivity contribution in [2.45, 2.75) is 22.6 Å². The smallest absolute Gasteiger partial charge is 0.264 e. The van der Waals surface area contributed by atoms with Gasteiger partial charge in [-0.15, -0.1) is 11.6 Å². The summed E-state index contributed by atoms with van der Waals surface area (Å²) in [6, 6.07) is 13.9.